The van der Waals surface area contributed by atoms with Crippen LogP contribution in [-0.4, -0.2) is 17.4 Å². The first kappa shape index (κ1) is 14.6. The highest BCUT2D eigenvalue weighted by molar-refractivity contribution is 6.34. The van der Waals surface area contributed by atoms with E-state index < -0.39 is 4.92 Å². The molecule has 1 aromatic rings. The molecule has 20 heavy (non-hydrogen) atoms. The molecule has 0 atom stereocenters. The maximum Gasteiger partial charge on any atom is 0.294 e. The van der Waals surface area contributed by atoms with Crippen LogP contribution in [0.25, 0.3) is 0 Å². The molecule has 0 aliphatic heterocycles. The number of nitrogens with two attached hydrogens (primary N) is 1. The number of nitro groups is 1. The van der Waals surface area contributed by atoms with Crippen LogP contribution in [0, 0.1) is 15.5 Å². The molecule has 0 radical (unpaired) electrons. The van der Waals surface area contributed by atoms with Gasteiger partial charge in [0.25, 0.3) is 11.6 Å². The summed E-state index contributed by atoms with van der Waals surface area (Å²) in [6, 6.07) is 2.51. The first-order valence-electron chi connectivity index (χ1n) is 6.40. The van der Waals surface area contributed by atoms with E-state index in [1.54, 1.807) is 0 Å². The number of nitrogens with one attached hydrogen (secondary N) is 1. The molecule has 1 saturated carbocycles. The fourth-order valence-corrected chi connectivity index (χ4v) is 2.30. The number of halogens is 1. The molecule has 0 bridgehead atoms. The van der Waals surface area contributed by atoms with Crippen LogP contribution in [-0.2, 0) is 0 Å². The zero-order valence-electron chi connectivity index (χ0n) is 11.1. The molecule has 1 amide bonds. The molecule has 1 aliphatic carbocycles. The Morgan fingerprint density at radius 1 is 1.55 bits per heavy atom. The summed E-state index contributed by atoms with van der Waals surface area (Å²) >= 11 is 5.83. The molecular formula is C13H16ClN3O3. The third kappa shape index (κ3) is 2.85. The highest BCUT2D eigenvalue weighted by Crippen LogP contribution is 2.47. The predicted molar refractivity (Wildman–Crippen MR) is 76.8 cm³/mol. The number of carbonyl (C=O) groups excluding carboxylic acids is 1. The Bertz CT molecular complexity index is 570. The van der Waals surface area contributed by atoms with E-state index in [1.165, 1.54) is 6.07 Å². The molecule has 0 aromatic heterocycles. The lowest BCUT2D eigenvalue weighted by molar-refractivity contribution is -0.383. The minimum Gasteiger partial charge on any atom is -0.392 e. The van der Waals surface area contributed by atoms with Crippen LogP contribution in [0.1, 0.15) is 36.5 Å². The molecule has 0 saturated heterocycles. The fraction of sp³-hybridized carbons (Fsp3) is 0.462. The molecule has 1 fully saturated rings. The van der Waals surface area contributed by atoms with Gasteiger partial charge in [0.1, 0.15) is 5.69 Å². The normalized spacial score (nSPS) is 15.7. The van der Waals surface area contributed by atoms with Gasteiger partial charge in [0.2, 0.25) is 0 Å². The molecule has 0 unspecified atom stereocenters. The summed E-state index contributed by atoms with van der Waals surface area (Å²) < 4.78 is 0. The fourth-order valence-electron chi connectivity index (χ4n) is 2.09. The largest absolute Gasteiger partial charge is 0.392 e. The number of nitrogen functional groups attached to an aromatic ring is 1. The highest BCUT2D eigenvalue weighted by atomic mass is 35.5. The van der Waals surface area contributed by atoms with Gasteiger partial charge in [-0.25, -0.2) is 0 Å². The van der Waals surface area contributed by atoms with E-state index in [1.807, 2.05) is 0 Å². The molecule has 3 N–H and O–H groups in total. The number of carbonyl (C=O) groups is 1. The number of hydrogen-bond donors (Lipinski definition) is 2. The Balaban J connectivity index is 2.15. The van der Waals surface area contributed by atoms with Gasteiger partial charge in [-0.15, -0.1) is 0 Å². The average Bonchev–Trinajstić information content (AvgIpc) is 3.19. The third-order valence-electron chi connectivity index (χ3n) is 3.90. The van der Waals surface area contributed by atoms with Gasteiger partial charge in [-0.05, 0) is 30.7 Å². The topological polar surface area (TPSA) is 98.3 Å². The van der Waals surface area contributed by atoms with Crippen LogP contribution >= 0.6 is 11.6 Å². The van der Waals surface area contributed by atoms with Crippen LogP contribution in [0.4, 0.5) is 11.4 Å². The maximum atomic E-state index is 12.0. The molecule has 108 valence electrons. The molecule has 6 nitrogen and oxygen atoms in total. The number of benzene rings is 1. The number of anilines is 1. The Kier molecular flexibility index (Phi) is 3.85. The highest BCUT2D eigenvalue weighted by Gasteiger charge is 2.40. The van der Waals surface area contributed by atoms with Gasteiger partial charge in [0.05, 0.1) is 9.95 Å². The quantitative estimate of drug-likeness (QED) is 0.496. The average molecular weight is 298 g/mol. The Labute approximate surface area is 121 Å². The van der Waals surface area contributed by atoms with Gasteiger partial charge in [-0.2, -0.15) is 0 Å². The van der Waals surface area contributed by atoms with Crippen molar-refractivity contribution in [3.63, 3.8) is 0 Å². The predicted octanol–water partition coefficient (Wildman–Crippen LogP) is 2.75. The lowest BCUT2D eigenvalue weighted by Crippen LogP contribution is -2.30. The van der Waals surface area contributed by atoms with Crippen molar-refractivity contribution >= 4 is 28.9 Å². The molecular weight excluding hydrogens is 282 g/mol. The second-order valence-electron chi connectivity index (χ2n) is 5.18. The van der Waals surface area contributed by atoms with Crippen molar-refractivity contribution in [1.29, 1.82) is 0 Å². The van der Waals surface area contributed by atoms with Crippen molar-refractivity contribution in [2.45, 2.75) is 26.2 Å². The van der Waals surface area contributed by atoms with Crippen molar-refractivity contribution in [3.8, 4) is 0 Å². The number of rotatable bonds is 5. The number of nitro benzene ring substituents is 1. The Morgan fingerprint density at radius 2 is 2.20 bits per heavy atom. The molecule has 7 heteroatoms. The van der Waals surface area contributed by atoms with Crippen molar-refractivity contribution in [1.82, 2.24) is 5.32 Å². The standard InChI is InChI=1S/C13H16ClN3O3/c1-2-13(3-4-13)7-16-12(18)8-5-9(14)11(15)10(6-8)17(19)20/h5-6H,2-4,7,15H2,1H3,(H,16,18). The first-order valence-corrected chi connectivity index (χ1v) is 6.78. The summed E-state index contributed by atoms with van der Waals surface area (Å²) in [5, 5.41) is 13.7. The zero-order valence-corrected chi connectivity index (χ0v) is 11.9. The smallest absolute Gasteiger partial charge is 0.294 e. The summed E-state index contributed by atoms with van der Waals surface area (Å²) in [6.45, 7) is 2.67. The second-order valence-corrected chi connectivity index (χ2v) is 5.59. The van der Waals surface area contributed by atoms with Crippen molar-refractivity contribution in [3.05, 3.63) is 32.8 Å². The van der Waals surface area contributed by atoms with Crippen LogP contribution < -0.4 is 11.1 Å². The van der Waals surface area contributed by atoms with Gasteiger partial charge >= 0.3 is 0 Å². The maximum absolute atomic E-state index is 12.0. The van der Waals surface area contributed by atoms with Crippen LogP contribution in [0.2, 0.25) is 5.02 Å². The lowest BCUT2D eigenvalue weighted by Gasteiger charge is -2.13. The number of nitrogens with zero attached hydrogens (tertiary/aromatic N) is 1. The summed E-state index contributed by atoms with van der Waals surface area (Å²) in [4.78, 5) is 22.3. The van der Waals surface area contributed by atoms with Crippen LogP contribution in [0.15, 0.2) is 12.1 Å². The van der Waals surface area contributed by atoms with Gasteiger partial charge in [0.15, 0.2) is 0 Å². The monoisotopic (exact) mass is 297 g/mol. The summed E-state index contributed by atoms with van der Waals surface area (Å²) in [5.41, 5.74) is 5.41. The van der Waals surface area contributed by atoms with E-state index in [0.29, 0.717) is 6.54 Å². The molecule has 0 spiro atoms. The molecule has 0 heterocycles. The minimum atomic E-state index is -0.646. The molecule has 2 rings (SSSR count). The summed E-state index contributed by atoms with van der Waals surface area (Å²) in [6.07, 6.45) is 3.22. The lowest BCUT2D eigenvalue weighted by atomic mass is 10.0. The summed E-state index contributed by atoms with van der Waals surface area (Å²) in [5.74, 6) is -0.366. The van der Waals surface area contributed by atoms with Crippen molar-refractivity contribution < 1.29 is 9.72 Å². The number of amides is 1. The van der Waals surface area contributed by atoms with E-state index in [0.717, 1.165) is 25.3 Å². The SMILES string of the molecule is CCC1(CNC(=O)c2cc(Cl)c(N)c([N+](=O)[O-])c2)CC1. The van der Waals surface area contributed by atoms with E-state index in [2.05, 4.69) is 12.2 Å². The van der Waals surface area contributed by atoms with Crippen molar-refractivity contribution in [2.75, 3.05) is 12.3 Å². The van der Waals surface area contributed by atoms with Gasteiger partial charge < -0.3 is 11.1 Å². The van der Waals surface area contributed by atoms with Gasteiger partial charge in [-0.1, -0.05) is 18.5 Å². The van der Waals surface area contributed by atoms with Crippen molar-refractivity contribution in [2.24, 2.45) is 5.41 Å². The van der Waals surface area contributed by atoms with Gasteiger partial charge in [-0.3, -0.25) is 14.9 Å². The minimum absolute atomic E-state index is 0.0148. The molecule has 1 aromatic carbocycles. The van der Waals surface area contributed by atoms with E-state index in [-0.39, 0.29) is 33.3 Å². The Hall–Kier alpha value is -1.82. The number of hydrogen-bond acceptors (Lipinski definition) is 4. The summed E-state index contributed by atoms with van der Waals surface area (Å²) in [7, 11) is 0. The molecule has 1 aliphatic rings. The van der Waals surface area contributed by atoms with E-state index in [4.69, 9.17) is 17.3 Å². The van der Waals surface area contributed by atoms with E-state index in [9.17, 15) is 14.9 Å². The van der Waals surface area contributed by atoms with Crippen LogP contribution in [0.3, 0.4) is 0 Å². The third-order valence-corrected chi connectivity index (χ3v) is 4.21. The zero-order chi connectivity index (χ0) is 14.9. The Morgan fingerprint density at radius 3 is 2.70 bits per heavy atom. The van der Waals surface area contributed by atoms with Crippen LogP contribution in [0.5, 0.6) is 0 Å². The second kappa shape index (κ2) is 5.28. The first-order chi connectivity index (χ1) is 9.38. The van der Waals surface area contributed by atoms with E-state index >= 15 is 0 Å². The van der Waals surface area contributed by atoms with Gasteiger partial charge in [0, 0.05) is 18.2 Å².